The van der Waals surface area contributed by atoms with E-state index in [1.807, 2.05) is 0 Å². The molecule has 0 radical (unpaired) electrons. The Balaban J connectivity index is 2.13. The van der Waals surface area contributed by atoms with Crippen LogP contribution in [-0.2, 0) is 4.74 Å². The highest BCUT2D eigenvalue weighted by atomic mass is 35.5. The molecule has 0 aliphatic heterocycles. The maximum atomic E-state index is 12.1. The first-order valence-electron chi connectivity index (χ1n) is 6.52. The second kappa shape index (κ2) is 7.35. The third kappa shape index (κ3) is 3.94. The fourth-order valence-electron chi connectivity index (χ4n) is 1.87. The number of anilines is 1. The van der Waals surface area contributed by atoms with Crippen LogP contribution in [0.15, 0.2) is 36.4 Å². The van der Waals surface area contributed by atoms with Crippen LogP contribution in [0.2, 0.25) is 10.0 Å². The quantitative estimate of drug-likeness (QED) is 0.504. The number of ketones is 1. The van der Waals surface area contributed by atoms with Gasteiger partial charge in [-0.1, -0.05) is 35.3 Å². The van der Waals surface area contributed by atoms with E-state index in [2.05, 4.69) is 0 Å². The molecule has 2 N–H and O–H groups in total. The van der Waals surface area contributed by atoms with E-state index in [4.69, 9.17) is 38.4 Å². The smallest absolute Gasteiger partial charge is 0.342 e. The van der Waals surface area contributed by atoms with Crippen molar-refractivity contribution in [3.63, 3.8) is 0 Å². The number of esters is 1. The van der Waals surface area contributed by atoms with Crippen molar-refractivity contribution in [1.82, 2.24) is 0 Å². The van der Waals surface area contributed by atoms with Crippen LogP contribution in [0, 0.1) is 0 Å². The largest absolute Gasteiger partial charge is 0.496 e. The van der Waals surface area contributed by atoms with E-state index in [-0.39, 0.29) is 27.6 Å². The molecule has 7 heteroatoms. The normalized spacial score (nSPS) is 10.2. The number of hydrogen-bond acceptors (Lipinski definition) is 5. The van der Waals surface area contributed by atoms with Crippen molar-refractivity contribution in [2.75, 3.05) is 19.5 Å². The van der Waals surface area contributed by atoms with Crippen molar-refractivity contribution in [1.29, 1.82) is 0 Å². The predicted octanol–water partition coefficient (Wildman–Crippen LogP) is 3.62. The highest BCUT2D eigenvalue weighted by molar-refractivity contribution is 6.34. The molecule has 0 aliphatic rings. The molecule has 0 heterocycles. The second-order valence-electron chi connectivity index (χ2n) is 4.55. The van der Waals surface area contributed by atoms with Gasteiger partial charge in [0.05, 0.1) is 22.8 Å². The Morgan fingerprint density at radius 3 is 2.43 bits per heavy atom. The van der Waals surface area contributed by atoms with E-state index in [0.29, 0.717) is 5.02 Å². The van der Waals surface area contributed by atoms with Gasteiger partial charge >= 0.3 is 5.97 Å². The molecule has 0 saturated heterocycles. The molecule has 120 valence electrons. The Labute approximate surface area is 142 Å². The highest BCUT2D eigenvalue weighted by Crippen LogP contribution is 2.29. The SMILES string of the molecule is COc1cc(N)c(Cl)cc1C(=O)OCC(=O)c1ccccc1Cl. The number of nitrogens with two attached hydrogens (primary N) is 1. The van der Waals surface area contributed by atoms with Gasteiger partial charge in [-0.3, -0.25) is 4.79 Å². The summed E-state index contributed by atoms with van der Waals surface area (Å²) >= 11 is 11.8. The average Bonchev–Trinajstić information content (AvgIpc) is 2.54. The number of methoxy groups -OCH3 is 1. The van der Waals surface area contributed by atoms with E-state index >= 15 is 0 Å². The summed E-state index contributed by atoms with van der Waals surface area (Å²) in [5.74, 6) is -0.948. The zero-order valence-corrected chi connectivity index (χ0v) is 13.6. The Morgan fingerprint density at radius 2 is 1.78 bits per heavy atom. The number of nitrogen functional groups attached to an aromatic ring is 1. The molecule has 0 bridgehead atoms. The van der Waals surface area contributed by atoms with Crippen LogP contribution < -0.4 is 10.5 Å². The lowest BCUT2D eigenvalue weighted by Crippen LogP contribution is -2.15. The van der Waals surface area contributed by atoms with Crippen LogP contribution in [0.5, 0.6) is 5.75 Å². The summed E-state index contributed by atoms with van der Waals surface area (Å²) in [5.41, 5.74) is 6.28. The van der Waals surface area contributed by atoms with Gasteiger partial charge in [-0.25, -0.2) is 4.79 Å². The molecule has 0 unspecified atom stereocenters. The van der Waals surface area contributed by atoms with E-state index < -0.39 is 18.4 Å². The summed E-state index contributed by atoms with van der Waals surface area (Å²) in [7, 11) is 1.38. The second-order valence-corrected chi connectivity index (χ2v) is 5.37. The standard InChI is InChI=1S/C16H13Cl2NO4/c1-22-15-7-13(19)12(18)6-10(15)16(21)23-8-14(20)9-4-2-3-5-11(9)17/h2-7H,8,19H2,1H3. The minimum absolute atomic E-state index is 0.0821. The third-order valence-electron chi connectivity index (χ3n) is 3.05. The van der Waals surface area contributed by atoms with Gasteiger partial charge in [0.25, 0.3) is 0 Å². The lowest BCUT2D eigenvalue weighted by molar-refractivity contribution is 0.0471. The van der Waals surface area contributed by atoms with Crippen LogP contribution in [0.25, 0.3) is 0 Å². The van der Waals surface area contributed by atoms with E-state index in [1.165, 1.54) is 19.2 Å². The summed E-state index contributed by atoms with van der Waals surface area (Å²) in [5, 5.41) is 0.483. The molecule has 0 amide bonds. The Bertz CT molecular complexity index is 762. The Morgan fingerprint density at radius 1 is 1.09 bits per heavy atom. The first-order valence-corrected chi connectivity index (χ1v) is 7.27. The number of carbonyl (C=O) groups is 2. The Hall–Kier alpha value is -2.24. The molecular formula is C16H13Cl2NO4. The van der Waals surface area contributed by atoms with Crippen molar-refractivity contribution in [3.05, 3.63) is 57.6 Å². The van der Waals surface area contributed by atoms with Crippen LogP contribution >= 0.6 is 23.2 Å². The van der Waals surface area contributed by atoms with Crippen LogP contribution in [0.3, 0.4) is 0 Å². The number of Topliss-reactive ketones (excluding diaryl/α,β-unsaturated/α-hetero) is 1. The fourth-order valence-corrected chi connectivity index (χ4v) is 2.28. The van der Waals surface area contributed by atoms with Gasteiger partial charge in [0.2, 0.25) is 5.78 Å². The summed E-state index contributed by atoms with van der Waals surface area (Å²) in [4.78, 5) is 24.2. The average molecular weight is 354 g/mol. The van der Waals surface area contributed by atoms with Gasteiger partial charge in [0.15, 0.2) is 6.61 Å². The van der Waals surface area contributed by atoms with Gasteiger partial charge in [-0.2, -0.15) is 0 Å². The zero-order chi connectivity index (χ0) is 17.0. The molecule has 0 aromatic heterocycles. The molecule has 23 heavy (non-hydrogen) atoms. The molecule has 0 atom stereocenters. The van der Waals surface area contributed by atoms with Crippen molar-refractivity contribution in [3.8, 4) is 5.75 Å². The molecule has 5 nitrogen and oxygen atoms in total. The number of ether oxygens (including phenoxy) is 2. The van der Waals surface area contributed by atoms with Gasteiger partial charge in [0.1, 0.15) is 11.3 Å². The van der Waals surface area contributed by atoms with E-state index in [9.17, 15) is 9.59 Å². The predicted molar refractivity (Wildman–Crippen MR) is 88.5 cm³/mol. The summed E-state index contributed by atoms with van der Waals surface area (Å²) < 4.78 is 10.1. The number of hydrogen-bond donors (Lipinski definition) is 1. The van der Waals surface area contributed by atoms with Crippen molar-refractivity contribution < 1.29 is 19.1 Å². The van der Waals surface area contributed by atoms with Gasteiger partial charge < -0.3 is 15.2 Å². The lowest BCUT2D eigenvalue weighted by atomic mass is 10.1. The van der Waals surface area contributed by atoms with Gasteiger partial charge in [-0.05, 0) is 18.2 Å². The molecule has 0 spiro atoms. The lowest BCUT2D eigenvalue weighted by Gasteiger charge is -2.10. The molecule has 2 aromatic carbocycles. The van der Waals surface area contributed by atoms with Crippen molar-refractivity contribution in [2.24, 2.45) is 0 Å². The number of carbonyl (C=O) groups excluding carboxylic acids is 2. The fraction of sp³-hybridized carbons (Fsp3) is 0.125. The van der Waals surface area contributed by atoms with Crippen molar-refractivity contribution in [2.45, 2.75) is 0 Å². The summed E-state index contributed by atoms with van der Waals surface area (Å²) in [6.07, 6.45) is 0. The van der Waals surface area contributed by atoms with Crippen LogP contribution in [0.4, 0.5) is 5.69 Å². The topological polar surface area (TPSA) is 78.6 Å². The highest BCUT2D eigenvalue weighted by Gasteiger charge is 2.18. The van der Waals surface area contributed by atoms with Crippen molar-refractivity contribution >= 4 is 40.6 Å². The zero-order valence-electron chi connectivity index (χ0n) is 12.1. The summed E-state index contributed by atoms with van der Waals surface area (Å²) in [6.45, 7) is -0.451. The van der Waals surface area contributed by atoms with E-state index in [1.54, 1.807) is 24.3 Å². The van der Waals surface area contributed by atoms with E-state index in [0.717, 1.165) is 0 Å². The minimum Gasteiger partial charge on any atom is -0.496 e. The first-order chi connectivity index (χ1) is 10.9. The Kier molecular flexibility index (Phi) is 5.47. The van der Waals surface area contributed by atoms with Crippen LogP contribution in [-0.4, -0.2) is 25.5 Å². The minimum atomic E-state index is -0.746. The van der Waals surface area contributed by atoms with Gasteiger partial charge in [0, 0.05) is 11.6 Å². The monoisotopic (exact) mass is 353 g/mol. The third-order valence-corrected chi connectivity index (χ3v) is 3.70. The maximum absolute atomic E-state index is 12.1. The van der Waals surface area contributed by atoms with Crippen LogP contribution in [0.1, 0.15) is 20.7 Å². The first kappa shape index (κ1) is 17.1. The molecule has 2 aromatic rings. The molecule has 0 saturated carbocycles. The van der Waals surface area contributed by atoms with Gasteiger partial charge in [-0.15, -0.1) is 0 Å². The summed E-state index contributed by atoms with van der Waals surface area (Å²) in [6, 6.07) is 9.25. The number of benzene rings is 2. The molecule has 2 rings (SSSR count). The molecule has 0 aliphatic carbocycles. The maximum Gasteiger partial charge on any atom is 0.342 e. The molecular weight excluding hydrogens is 341 g/mol. The number of halogens is 2. The molecule has 0 fully saturated rings. The number of rotatable bonds is 5.